The van der Waals surface area contributed by atoms with Gasteiger partial charge < -0.3 is 19.9 Å². The molecule has 1 aromatic rings. The van der Waals surface area contributed by atoms with E-state index in [-0.39, 0.29) is 23.6 Å². The van der Waals surface area contributed by atoms with Gasteiger partial charge in [-0.05, 0) is 30.5 Å². The van der Waals surface area contributed by atoms with Crippen LogP contribution >= 0.6 is 0 Å². The highest BCUT2D eigenvalue weighted by molar-refractivity contribution is 5.94. The zero-order valence-corrected chi connectivity index (χ0v) is 15.8. The van der Waals surface area contributed by atoms with Crippen LogP contribution in [0.2, 0.25) is 0 Å². The Hall–Kier alpha value is -2.41. The van der Waals surface area contributed by atoms with Gasteiger partial charge in [-0.15, -0.1) is 0 Å². The van der Waals surface area contributed by atoms with Crippen LogP contribution in [0.5, 0.6) is 0 Å². The standard InChI is InChI=1S/C20H27N3O4/c1-15(24)21-13-16-4-6-17(7-5-16)19(25)23-8-2-3-18(14-23)20(26)22-9-11-27-12-10-22/h4-7,18H,2-3,8-14H2,1H3,(H,21,24). The Balaban J connectivity index is 1.59. The highest BCUT2D eigenvalue weighted by Crippen LogP contribution is 2.21. The molecule has 3 rings (SSSR count). The Morgan fingerprint density at radius 2 is 1.78 bits per heavy atom. The van der Waals surface area contributed by atoms with Crippen molar-refractivity contribution < 1.29 is 19.1 Å². The van der Waals surface area contributed by atoms with E-state index in [0.717, 1.165) is 18.4 Å². The number of likely N-dealkylation sites (tertiary alicyclic amines) is 1. The molecule has 0 bridgehead atoms. The minimum absolute atomic E-state index is 0.0412. The van der Waals surface area contributed by atoms with Gasteiger partial charge >= 0.3 is 0 Å². The van der Waals surface area contributed by atoms with Crippen LogP contribution in [0.1, 0.15) is 35.7 Å². The van der Waals surface area contributed by atoms with Crippen LogP contribution in [0, 0.1) is 5.92 Å². The molecule has 1 aromatic carbocycles. The van der Waals surface area contributed by atoms with Gasteiger partial charge in [0.25, 0.3) is 5.91 Å². The molecule has 2 aliphatic rings. The predicted molar refractivity (Wildman–Crippen MR) is 100.0 cm³/mol. The fourth-order valence-corrected chi connectivity index (χ4v) is 3.58. The van der Waals surface area contributed by atoms with Crippen LogP contribution in [0.15, 0.2) is 24.3 Å². The first-order valence-electron chi connectivity index (χ1n) is 9.54. The van der Waals surface area contributed by atoms with Crippen molar-refractivity contribution in [1.29, 1.82) is 0 Å². The number of carbonyl (C=O) groups excluding carboxylic acids is 3. The number of carbonyl (C=O) groups is 3. The van der Waals surface area contributed by atoms with Crippen LogP contribution < -0.4 is 5.32 Å². The summed E-state index contributed by atoms with van der Waals surface area (Å²) < 4.78 is 5.31. The van der Waals surface area contributed by atoms with Gasteiger partial charge in [0.15, 0.2) is 0 Å². The van der Waals surface area contributed by atoms with Crippen molar-refractivity contribution in [3.05, 3.63) is 35.4 Å². The fourth-order valence-electron chi connectivity index (χ4n) is 3.58. The number of amides is 3. The Kier molecular flexibility index (Phi) is 6.45. The maximum atomic E-state index is 12.8. The summed E-state index contributed by atoms with van der Waals surface area (Å²) in [6.45, 7) is 5.53. The monoisotopic (exact) mass is 373 g/mol. The lowest BCUT2D eigenvalue weighted by molar-refractivity contribution is -0.141. The molecule has 2 aliphatic heterocycles. The van der Waals surface area contributed by atoms with E-state index in [9.17, 15) is 14.4 Å². The normalized spacial score (nSPS) is 20.3. The average molecular weight is 373 g/mol. The Labute approximate surface area is 159 Å². The topological polar surface area (TPSA) is 79.0 Å². The number of benzene rings is 1. The zero-order chi connectivity index (χ0) is 19.2. The van der Waals surface area contributed by atoms with Gasteiger partial charge in [-0.3, -0.25) is 14.4 Å². The van der Waals surface area contributed by atoms with E-state index in [2.05, 4.69) is 5.32 Å². The van der Waals surface area contributed by atoms with Crippen molar-refractivity contribution in [3.8, 4) is 0 Å². The van der Waals surface area contributed by atoms with E-state index < -0.39 is 0 Å². The van der Waals surface area contributed by atoms with Crippen molar-refractivity contribution >= 4 is 17.7 Å². The quantitative estimate of drug-likeness (QED) is 0.855. The number of rotatable bonds is 4. The Morgan fingerprint density at radius 1 is 1.07 bits per heavy atom. The predicted octanol–water partition coefficient (Wildman–Crippen LogP) is 1.03. The first-order chi connectivity index (χ1) is 13.0. The van der Waals surface area contributed by atoms with Crippen molar-refractivity contribution in [2.24, 2.45) is 5.92 Å². The largest absolute Gasteiger partial charge is 0.378 e. The zero-order valence-electron chi connectivity index (χ0n) is 15.8. The van der Waals surface area contributed by atoms with Crippen LogP contribution in [-0.2, 0) is 20.9 Å². The molecule has 2 saturated heterocycles. The van der Waals surface area contributed by atoms with Gasteiger partial charge in [-0.1, -0.05) is 12.1 Å². The lowest BCUT2D eigenvalue weighted by Gasteiger charge is -2.36. The third-order valence-corrected chi connectivity index (χ3v) is 5.12. The van der Waals surface area contributed by atoms with E-state index in [0.29, 0.717) is 51.5 Å². The summed E-state index contributed by atoms with van der Waals surface area (Å²) in [6.07, 6.45) is 1.67. The van der Waals surface area contributed by atoms with Crippen molar-refractivity contribution in [2.75, 3.05) is 39.4 Å². The maximum Gasteiger partial charge on any atom is 0.253 e. The first-order valence-corrected chi connectivity index (χ1v) is 9.54. The molecule has 146 valence electrons. The molecule has 0 saturated carbocycles. The van der Waals surface area contributed by atoms with Gasteiger partial charge in [0.05, 0.1) is 19.1 Å². The van der Waals surface area contributed by atoms with Crippen LogP contribution in [0.25, 0.3) is 0 Å². The van der Waals surface area contributed by atoms with Gasteiger partial charge in [0.1, 0.15) is 0 Å². The third-order valence-electron chi connectivity index (χ3n) is 5.12. The molecule has 0 spiro atoms. The van der Waals surface area contributed by atoms with E-state index in [1.54, 1.807) is 17.0 Å². The second-order valence-electron chi connectivity index (χ2n) is 7.13. The SMILES string of the molecule is CC(=O)NCc1ccc(C(=O)N2CCCC(C(=O)N3CCOCC3)C2)cc1. The number of hydrogen-bond acceptors (Lipinski definition) is 4. The van der Waals surface area contributed by atoms with Gasteiger partial charge in [0, 0.05) is 45.2 Å². The molecule has 0 radical (unpaired) electrons. The molecule has 2 fully saturated rings. The van der Waals surface area contributed by atoms with Crippen LogP contribution in [-0.4, -0.2) is 66.9 Å². The fraction of sp³-hybridized carbons (Fsp3) is 0.550. The van der Waals surface area contributed by atoms with E-state index in [1.807, 2.05) is 17.0 Å². The summed E-state index contributed by atoms with van der Waals surface area (Å²) in [6, 6.07) is 7.27. The third kappa shape index (κ3) is 5.07. The summed E-state index contributed by atoms with van der Waals surface area (Å²) >= 11 is 0. The van der Waals surface area contributed by atoms with E-state index in [1.165, 1.54) is 6.92 Å². The number of nitrogens with zero attached hydrogens (tertiary/aromatic N) is 2. The Morgan fingerprint density at radius 3 is 2.44 bits per heavy atom. The summed E-state index contributed by atoms with van der Waals surface area (Å²) in [5.74, 6) is -0.110. The minimum Gasteiger partial charge on any atom is -0.378 e. The number of piperidine rings is 1. The second-order valence-corrected chi connectivity index (χ2v) is 7.13. The van der Waals surface area contributed by atoms with Gasteiger partial charge in [-0.25, -0.2) is 0 Å². The lowest BCUT2D eigenvalue weighted by atomic mass is 9.95. The van der Waals surface area contributed by atoms with Crippen molar-refractivity contribution in [3.63, 3.8) is 0 Å². The van der Waals surface area contributed by atoms with Crippen molar-refractivity contribution in [1.82, 2.24) is 15.1 Å². The van der Waals surface area contributed by atoms with Gasteiger partial charge in [0.2, 0.25) is 11.8 Å². The van der Waals surface area contributed by atoms with Gasteiger partial charge in [-0.2, -0.15) is 0 Å². The molecule has 2 heterocycles. The molecular weight excluding hydrogens is 346 g/mol. The molecule has 27 heavy (non-hydrogen) atoms. The minimum atomic E-state index is -0.125. The van der Waals surface area contributed by atoms with E-state index >= 15 is 0 Å². The summed E-state index contributed by atoms with van der Waals surface area (Å²) in [7, 11) is 0. The number of ether oxygens (including phenoxy) is 1. The molecule has 0 aliphatic carbocycles. The highest BCUT2D eigenvalue weighted by Gasteiger charge is 2.32. The number of nitrogens with one attached hydrogen (secondary N) is 1. The molecule has 7 nitrogen and oxygen atoms in total. The smallest absolute Gasteiger partial charge is 0.253 e. The molecule has 1 unspecified atom stereocenters. The maximum absolute atomic E-state index is 12.8. The molecule has 1 atom stereocenters. The van der Waals surface area contributed by atoms with E-state index in [4.69, 9.17) is 4.74 Å². The van der Waals surface area contributed by atoms with Crippen LogP contribution in [0.4, 0.5) is 0 Å². The summed E-state index contributed by atoms with van der Waals surface area (Å²) in [5.41, 5.74) is 1.56. The average Bonchev–Trinajstić information content (AvgIpc) is 2.72. The molecule has 3 amide bonds. The number of hydrogen-bond donors (Lipinski definition) is 1. The molecule has 1 N–H and O–H groups in total. The Bertz CT molecular complexity index is 683. The molecule has 7 heteroatoms. The summed E-state index contributed by atoms with van der Waals surface area (Å²) in [5, 5.41) is 2.74. The second kappa shape index (κ2) is 8.99. The highest BCUT2D eigenvalue weighted by atomic mass is 16.5. The number of morpholine rings is 1. The summed E-state index contributed by atoms with van der Waals surface area (Å²) in [4.78, 5) is 40.2. The molecule has 0 aromatic heterocycles. The van der Waals surface area contributed by atoms with Crippen LogP contribution in [0.3, 0.4) is 0 Å². The van der Waals surface area contributed by atoms with Crippen molar-refractivity contribution in [2.45, 2.75) is 26.3 Å². The molecular formula is C20H27N3O4. The first kappa shape index (κ1) is 19.4. The lowest BCUT2D eigenvalue weighted by Crippen LogP contribution is -2.49.